The normalized spacial score (nSPS) is 16.7. The van der Waals surface area contributed by atoms with Gasteiger partial charge in [0, 0.05) is 50.4 Å². The molecule has 1 saturated heterocycles. The molecule has 0 unspecified atom stereocenters. The molecule has 0 spiro atoms. The Labute approximate surface area is 202 Å². The van der Waals surface area contributed by atoms with Crippen LogP contribution in [0.3, 0.4) is 0 Å². The fourth-order valence-electron chi connectivity index (χ4n) is 4.65. The number of piperazine rings is 1. The number of nitrogens with one attached hydrogen (secondary N) is 2. The summed E-state index contributed by atoms with van der Waals surface area (Å²) < 4.78 is 5.34. The van der Waals surface area contributed by atoms with Crippen molar-refractivity contribution >= 4 is 28.7 Å². The van der Waals surface area contributed by atoms with Gasteiger partial charge in [0.15, 0.2) is 5.82 Å². The number of aromatic nitrogens is 5. The lowest BCUT2D eigenvalue weighted by Crippen LogP contribution is -2.48. The quantitative estimate of drug-likeness (QED) is 0.439. The third-order valence-corrected chi connectivity index (χ3v) is 6.76. The highest BCUT2D eigenvalue weighted by Gasteiger charge is 2.34. The number of anilines is 2. The van der Waals surface area contributed by atoms with E-state index in [-0.39, 0.29) is 0 Å². The number of H-pyrrole nitrogens is 1. The maximum atomic E-state index is 12.3. The van der Waals surface area contributed by atoms with Crippen LogP contribution in [-0.4, -0.2) is 67.0 Å². The number of carbonyl (C=O) groups excluding carboxylic acids is 1. The van der Waals surface area contributed by atoms with Crippen LogP contribution in [0.5, 0.6) is 0 Å². The van der Waals surface area contributed by atoms with Crippen molar-refractivity contribution in [1.29, 1.82) is 0 Å². The zero-order chi connectivity index (χ0) is 23.9. The number of imidazole rings is 1. The Bertz CT molecular complexity index is 1380. The summed E-state index contributed by atoms with van der Waals surface area (Å²) in [6, 6.07) is 7.98. The van der Waals surface area contributed by atoms with Crippen molar-refractivity contribution < 1.29 is 9.32 Å². The van der Waals surface area contributed by atoms with Gasteiger partial charge >= 0.3 is 0 Å². The Hall–Kier alpha value is -3.79. The minimum atomic E-state index is 0.298. The largest absolute Gasteiger partial charge is 0.340 e. The number of amides is 1. The Morgan fingerprint density at radius 1 is 1.14 bits per heavy atom. The molecule has 1 aliphatic heterocycles. The van der Waals surface area contributed by atoms with E-state index in [1.54, 1.807) is 6.92 Å². The fourth-order valence-corrected chi connectivity index (χ4v) is 4.65. The second kappa shape index (κ2) is 8.77. The van der Waals surface area contributed by atoms with Crippen molar-refractivity contribution in [2.45, 2.75) is 33.2 Å². The van der Waals surface area contributed by atoms with Crippen LogP contribution in [0.25, 0.3) is 22.5 Å². The van der Waals surface area contributed by atoms with Gasteiger partial charge in [-0.25, -0.2) is 9.97 Å². The first-order chi connectivity index (χ1) is 17.0. The summed E-state index contributed by atoms with van der Waals surface area (Å²) in [5.41, 5.74) is 4.81. The molecule has 1 saturated carbocycles. The van der Waals surface area contributed by atoms with Crippen LogP contribution in [0.15, 0.2) is 35.0 Å². The summed E-state index contributed by atoms with van der Waals surface area (Å²) in [6.07, 6.45) is 3.95. The van der Waals surface area contributed by atoms with Crippen molar-refractivity contribution in [2.75, 3.05) is 31.5 Å². The molecule has 0 bridgehead atoms. The van der Waals surface area contributed by atoms with Crippen molar-refractivity contribution in [1.82, 2.24) is 34.9 Å². The van der Waals surface area contributed by atoms with Crippen molar-refractivity contribution in [3.8, 4) is 11.5 Å². The molecule has 4 aromatic rings. The average Bonchev–Trinajstić information content (AvgIpc) is 3.49. The summed E-state index contributed by atoms with van der Waals surface area (Å²) >= 11 is 0. The van der Waals surface area contributed by atoms with E-state index in [4.69, 9.17) is 4.52 Å². The summed E-state index contributed by atoms with van der Waals surface area (Å²) in [5.74, 6) is 3.10. The fraction of sp³-hybridized carbons (Fsp3) is 0.400. The first-order valence-electron chi connectivity index (χ1n) is 12.1. The third-order valence-electron chi connectivity index (χ3n) is 6.76. The lowest BCUT2D eigenvalue weighted by atomic mass is 10.1. The van der Waals surface area contributed by atoms with Crippen LogP contribution in [0.1, 0.15) is 29.8 Å². The highest BCUT2D eigenvalue weighted by molar-refractivity contribution is 5.87. The molecule has 1 amide bonds. The van der Waals surface area contributed by atoms with E-state index >= 15 is 0 Å². The highest BCUT2D eigenvalue weighted by atomic mass is 16.5. The van der Waals surface area contributed by atoms with E-state index in [0.717, 1.165) is 73.5 Å². The zero-order valence-electron chi connectivity index (χ0n) is 19.9. The molecule has 2 N–H and O–H groups in total. The number of aromatic amines is 1. The van der Waals surface area contributed by atoms with Crippen LogP contribution in [0.4, 0.5) is 11.8 Å². The molecule has 10 nitrogen and oxygen atoms in total. The number of nitrogens with zero attached hydrogens (tertiary/aromatic N) is 6. The molecule has 2 aliphatic rings. The van der Waals surface area contributed by atoms with E-state index in [9.17, 15) is 4.79 Å². The number of fused-ring (bicyclic) bond motifs is 1. The maximum absolute atomic E-state index is 12.3. The van der Waals surface area contributed by atoms with Crippen LogP contribution in [-0.2, 0) is 11.3 Å². The van der Waals surface area contributed by atoms with E-state index in [2.05, 4.69) is 41.4 Å². The predicted molar refractivity (Wildman–Crippen MR) is 131 cm³/mol. The first kappa shape index (κ1) is 21.7. The van der Waals surface area contributed by atoms with Gasteiger partial charge < -0.3 is 19.7 Å². The van der Waals surface area contributed by atoms with Gasteiger partial charge in [-0.15, -0.1) is 0 Å². The van der Waals surface area contributed by atoms with Gasteiger partial charge in [0.2, 0.25) is 11.9 Å². The van der Waals surface area contributed by atoms with Gasteiger partial charge in [-0.2, -0.15) is 4.98 Å². The number of aryl methyl sites for hydroxylation is 2. The lowest BCUT2D eigenvalue weighted by Gasteiger charge is -2.34. The summed E-state index contributed by atoms with van der Waals surface area (Å²) in [7, 11) is 0. The number of hydrogen-bond acceptors (Lipinski definition) is 8. The highest BCUT2D eigenvalue weighted by Crippen LogP contribution is 2.31. The molecular formula is C25H28N8O2. The van der Waals surface area contributed by atoms with Gasteiger partial charge in [-0.1, -0.05) is 5.16 Å². The molecule has 10 heteroatoms. The van der Waals surface area contributed by atoms with E-state index in [1.165, 1.54) is 5.56 Å². The monoisotopic (exact) mass is 472 g/mol. The Kier molecular flexibility index (Phi) is 5.44. The SMILES string of the molecule is Cc1noc(-c2ccc3nc(Nc4cc(CN5CCN(C(=O)C6CC6)CC5)ccn4)[nH]c3c2C)n1. The molecule has 1 aromatic carbocycles. The molecule has 180 valence electrons. The first-order valence-corrected chi connectivity index (χ1v) is 12.1. The molecule has 35 heavy (non-hydrogen) atoms. The standard InChI is InChI=1S/C25H28N8O2/c1-15-19(23-27-16(2)31-35-23)5-6-20-22(15)30-25(28-20)29-21-13-17(7-8-26-21)14-32-9-11-33(12-10-32)24(34)18-3-4-18/h5-8,13,18H,3-4,9-12,14H2,1-2H3,(H2,26,28,29,30). The summed E-state index contributed by atoms with van der Waals surface area (Å²) in [6.45, 7) is 8.06. The van der Waals surface area contributed by atoms with E-state index in [0.29, 0.717) is 29.5 Å². The Morgan fingerprint density at radius 2 is 1.97 bits per heavy atom. The number of pyridine rings is 1. The average molecular weight is 473 g/mol. The molecule has 6 rings (SSSR count). The topological polar surface area (TPSA) is 116 Å². The van der Waals surface area contributed by atoms with Gasteiger partial charge in [0.05, 0.1) is 11.0 Å². The molecule has 2 fully saturated rings. The Balaban J connectivity index is 1.13. The minimum absolute atomic E-state index is 0.298. The number of rotatable bonds is 6. The number of carbonyl (C=O) groups is 1. The summed E-state index contributed by atoms with van der Waals surface area (Å²) in [5, 5.41) is 7.19. The van der Waals surface area contributed by atoms with E-state index in [1.807, 2.05) is 36.2 Å². The predicted octanol–water partition coefficient (Wildman–Crippen LogP) is 3.42. The second-order valence-corrected chi connectivity index (χ2v) is 9.41. The molecular weight excluding hydrogens is 444 g/mol. The van der Waals surface area contributed by atoms with Gasteiger partial charge in [-0.05, 0) is 62.1 Å². The van der Waals surface area contributed by atoms with Crippen molar-refractivity contribution in [3.63, 3.8) is 0 Å². The van der Waals surface area contributed by atoms with Crippen LogP contribution in [0, 0.1) is 19.8 Å². The second-order valence-electron chi connectivity index (χ2n) is 9.41. The molecule has 0 atom stereocenters. The molecule has 4 heterocycles. The lowest BCUT2D eigenvalue weighted by molar-refractivity contribution is -0.134. The minimum Gasteiger partial charge on any atom is -0.340 e. The maximum Gasteiger partial charge on any atom is 0.258 e. The summed E-state index contributed by atoms with van der Waals surface area (Å²) in [4.78, 5) is 33.6. The van der Waals surface area contributed by atoms with Gasteiger partial charge in [0.25, 0.3) is 5.89 Å². The third kappa shape index (κ3) is 4.49. The van der Waals surface area contributed by atoms with Gasteiger partial charge in [-0.3, -0.25) is 9.69 Å². The molecule has 1 aliphatic carbocycles. The zero-order valence-corrected chi connectivity index (χ0v) is 19.9. The molecule has 0 radical (unpaired) electrons. The van der Waals surface area contributed by atoms with Crippen LogP contribution < -0.4 is 5.32 Å². The number of hydrogen-bond donors (Lipinski definition) is 2. The molecule has 3 aromatic heterocycles. The Morgan fingerprint density at radius 3 is 2.71 bits per heavy atom. The van der Waals surface area contributed by atoms with Crippen molar-refractivity contribution in [2.24, 2.45) is 5.92 Å². The van der Waals surface area contributed by atoms with E-state index < -0.39 is 0 Å². The number of benzene rings is 1. The van der Waals surface area contributed by atoms with Gasteiger partial charge in [0.1, 0.15) is 5.82 Å². The van der Waals surface area contributed by atoms with Crippen LogP contribution in [0.2, 0.25) is 0 Å². The van der Waals surface area contributed by atoms with Crippen molar-refractivity contribution in [3.05, 3.63) is 47.4 Å². The van der Waals surface area contributed by atoms with Crippen LogP contribution >= 0.6 is 0 Å². The smallest absolute Gasteiger partial charge is 0.258 e.